The smallest absolute Gasteiger partial charge is 0.123 e. The maximum Gasteiger partial charge on any atom is 0.123 e. The lowest BCUT2D eigenvalue weighted by Gasteiger charge is -2.00. The van der Waals surface area contributed by atoms with E-state index in [1.165, 1.54) is 12.8 Å². The van der Waals surface area contributed by atoms with Gasteiger partial charge in [0.15, 0.2) is 0 Å². The monoisotopic (exact) mass is 112 g/mol. The van der Waals surface area contributed by atoms with Crippen molar-refractivity contribution < 1.29 is 4.79 Å². The predicted molar refractivity (Wildman–Crippen MR) is 32.6 cm³/mol. The molecule has 8 heavy (non-hydrogen) atoms. The fraction of sp³-hybridized carbons (Fsp3) is 0.857. The molecule has 0 spiro atoms. The first-order chi connectivity index (χ1) is 3.88. The van der Waals surface area contributed by atoms with Gasteiger partial charge in [0.1, 0.15) is 6.29 Å². The van der Waals surface area contributed by atoms with Crippen LogP contribution in [0.1, 0.15) is 26.2 Å². The average molecular weight is 112 g/mol. The quantitative estimate of drug-likeness (QED) is 0.507. The predicted octanol–water partition coefficient (Wildman–Crippen LogP) is 1.62. The van der Waals surface area contributed by atoms with Crippen LogP contribution in [0.2, 0.25) is 0 Å². The van der Waals surface area contributed by atoms with Crippen molar-refractivity contribution in [3.63, 3.8) is 0 Å². The van der Waals surface area contributed by atoms with Crippen LogP contribution in [0, 0.1) is 11.8 Å². The Hall–Kier alpha value is -0.330. The summed E-state index contributed by atoms with van der Waals surface area (Å²) in [5, 5.41) is 0. The van der Waals surface area contributed by atoms with Gasteiger partial charge in [0.2, 0.25) is 0 Å². The highest BCUT2D eigenvalue weighted by Gasteiger charge is 2.29. The normalized spacial score (nSPS) is 22.6. The zero-order chi connectivity index (χ0) is 5.98. The van der Waals surface area contributed by atoms with E-state index < -0.39 is 0 Å². The molecule has 0 aromatic heterocycles. The Bertz CT molecular complexity index is 84.4. The van der Waals surface area contributed by atoms with Crippen molar-refractivity contribution in [1.82, 2.24) is 0 Å². The van der Waals surface area contributed by atoms with E-state index in [2.05, 4.69) is 6.92 Å². The first-order valence-corrected chi connectivity index (χ1v) is 3.33. The van der Waals surface area contributed by atoms with Crippen molar-refractivity contribution in [3.8, 4) is 0 Å². The zero-order valence-electron chi connectivity index (χ0n) is 5.26. The molecular weight excluding hydrogens is 100 g/mol. The number of rotatable bonds is 3. The van der Waals surface area contributed by atoms with Gasteiger partial charge in [-0.25, -0.2) is 0 Å². The highest BCUT2D eigenvalue weighted by Crippen LogP contribution is 2.37. The third kappa shape index (κ3) is 1.09. The lowest BCUT2D eigenvalue weighted by atomic mass is 10.0. The molecule has 0 aromatic carbocycles. The van der Waals surface area contributed by atoms with E-state index in [1.807, 2.05) is 0 Å². The van der Waals surface area contributed by atoms with Gasteiger partial charge in [0.05, 0.1) is 0 Å². The SMILES string of the molecule is CCC(C=O)C1CC1. The van der Waals surface area contributed by atoms with E-state index in [0.717, 1.165) is 18.6 Å². The zero-order valence-corrected chi connectivity index (χ0v) is 5.26. The number of carbonyl (C=O) groups excluding carboxylic acids is 1. The van der Waals surface area contributed by atoms with Gasteiger partial charge in [-0.2, -0.15) is 0 Å². The van der Waals surface area contributed by atoms with Crippen LogP contribution in [0.25, 0.3) is 0 Å². The molecular formula is C7H12O. The Morgan fingerprint density at radius 3 is 2.50 bits per heavy atom. The molecule has 1 aliphatic carbocycles. The number of hydrogen-bond acceptors (Lipinski definition) is 1. The van der Waals surface area contributed by atoms with E-state index in [4.69, 9.17) is 0 Å². The lowest BCUT2D eigenvalue weighted by Crippen LogP contribution is -2.01. The van der Waals surface area contributed by atoms with E-state index in [0.29, 0.717) is 5.92 Å². The van der Waals surface area contributed by atoms with Gasteiger partial charge in [-0.15, -0.1) is 0 Å². The minimum absolute atomic E-state index is 0.384. The molecule has 46 valence electrons. The van der Waals surface area contributed by atoms with Crippen molar-refractivity contribution in [2.24, 2.45) is 11.8 Å². The Morgan fingerprint density at radius 2 is 2.38 bits per heavy atom. The van der Waals surface area contributed by atoms with Gasteiger partial charge in [0, 0.05) is 5.92 Å². The van der Waals surface area contributed by atoms with Crippen molar-refractivity contribution in [1.29, 1.82) is 0 Å². The van der Waals surface area contributed by atoms with Crippen LogP contribution in [0.15, 0.2) is 0 Å². The van der Waals surface area contributed by atoms with Gasteiger partial charge in [-0.3, -0.25) is 0 Å². The molecule has 1 aliphatic rings. The second-order valence-electron chi connectivity index (χ2n) is 2.55. The summed E-state index contributed by atoms with van der Waals surface area (Å²) in [7, 11) is 0. The van der Waals surface area contributed by atoms with Crippen molar-refractivity contribution >= 4 is 6.29 Å². The standard InChI is InChI=1S/C7H12O/c1-2-6(5-8)7-3-4-7/h5-7H,2-4H2,1H3. The van der Waals surface area contributed by atoms with Crippen LogP contribution < -0.4 is 0 Å². The minimum Gasteiger partial charge on any atom is -0.303 e. The van der Waals surface area contributed by atoms with Crippen LogP contribution in [-0.2, 0) is 4.79 Å². The molecule has 0 saturated heterocycles. The van der Waals surface area contributed by atoms with E-state index in [1.54, 1.807) is 0 Å². The molecule has 1 fully saturated rings. The van der Waals surface area contributed by atoms with E-state index >= 15 is 0 Å². The first-order valence-electron chi connectivity index (χ1n) is 3.33. The fourth-order valence-electron chi connectivity index (χ4n) is 1.07. The van der Waals surface area contributed by atoms with Crippen LogP contribution in [-0.4, -0.2) is 6.29 Å². The molecule has 0 N–H and O–H groups in total. The van der Waals surface area contributed by atoms with Gasteiger partial charge in [-0.1, -0.05) is 6.92 Å². The fourth-order valence-corrected chi connectivity index (χ4v) is 1.07. The van der Waals surface area contributed by atoms with Gasteiger partial charge < -0.3 is 4.79 Å². The van der Waals surface area contributed by atoms with Crippen LogP contribution in [0.4, 0.5) is 0 Å². The molecule has 0 aromatic rings. The Morgan fingerprint density at radius 1 is 1.75 bits per heavy atom. The molecule has 0 heterocycles. The molecule has 1 nitrogen and oxygen atoms in total. The summed E-state index contributed by atoms with van der Waals surface area (Å²) in [6.07, 6.45) is 4.72. The van der Waals surface area contributed by atoms with Crippen molar-refractivity contribution in [3.05, 3.63) is 0 Å². The molecule has 0 bridgehead atoms. The van der Waals surface area contributed by atoms with Crippen LogP contribution in [0.3, 0.4) is 0 Å². The van der Waals surface area contributed by atoms with Crippen LogP contribution >= 0.6 is 0 Å². The highest BCUT2D eigenvalue weighted by molar-refractivity contribution is 5.54. The lowest BCUT2D eigenvalue weighted by molar-refractivity contribution is -0.111. The third-order valence-corrected chi connectivity index (χ3v) is 1.87. The molecule has 0 amide bonds. The molecule has 1 saturated carbocycles. The number of carbonyl (C=O) groups is 1. The van der Waals surface area contributed by atoms with E-state index in [9.17, 15) is 4.79 Å². The molecule has 0 radical (unpaired) electrons. The number of aldehydes is 1. The summed E-state index contributed by atoms with van der Waals surface area (Å²) in [6.45, 7) is 2.08. The van der Waals surface area contributed by atoms with E-state index in [-0.39, 0.29) is 0 Å². The Labute approximate surface area is 50.1 Å². The summed E-state index contributed by atoms with van der Waals surface area (Å²) in [5.74, 6) is 1.15. The Balaban J connectivity index is 2.25. The second-order valence-corrected chi connectivity index (χ2v) is 2.55. The summed E-state index contributed by atoms with van der Waals surface area (Å²) >= 11 is 0. The largest absolute Gasteiger partial charge is 0.303 e. The molecule has 0 aliphatic heterocycles. The topological polar surface area (TPSA) is 17.1 Å². The van der Waals surface area contributed by atoms with Crippen molar-refractivity contribution in [2.45, 2.75) is 26.2 Å². The second kappa shape index (κ2) is 2.29. The number of hydrogen-bond donors (Lipinski definition) is 0. The molecule has 1 rings (SSSR count). The average Bonchev–Trinajstić information content (AvgIpc) is 2.53. The van der Waals surface area contributed by atoms with Gasteiger partial charge in [-0.05, 0) is 25.2 Å². The van der Waals surface area contributed by atoms with Crippen molar-refractivity contribution in [2.75, 3.05) is 0 Å². The van der Waals surface area contributed by atoms with Gasteiger partial charge >= 0.3 is 0 Å². The minimum atomic E-state index is 0.384. The summed E-state index contributed by atoms with van der Waals surface area (Å²) in [4.78, 5) is 10.2. The highest BCUT2D eigenvalue weighted by atomic mass is 16.1. The summed E-state index contributed by atoms with van der Waals surface area (Å²) < 4.78 is 0. The summed E-state index contributed by atoms with van der Waals surface area (Å²) in [5.41, 5.74) is 0. The maximum absolute atomic E-state index is 10.2. The molecule has 1 atom stereocenters. The summed E-state index contributed by atoms with van der Waals surface area (Å²) in [6, 6.07) is 0. The Kier molecular flexibility index (Phi) is 1.66. The van der Waals surface area contributed by atoms with Gasteiger partial charge in [0.25, 0.3) is 0 Å². The third-order valence-electron chi connectivity index (χ3n) is 1.87. The molecule has 1 heteroatoms. The molecule has 1 unspecified atom stereocenters. The maximum atomic E-state index is 10.2. The first kappa shape index (κ1) is 5.80. The van der Waals surface area contributed by atoms with Crippen LogP contribution in [0.5, 0.6) is 0 Å².